The van der Waals surface area contributed by atoms with Gasteiger partial charge in [-0.3, -0.25) is 0 Å². The molecule has 4 heteroatoms. The molecule has 0 aromatic carbocycles. The Hall–Kier alpha value is -1.03. The molecule has 1 aromatic rings. The minimum Gasteiger partial charge on any atom is -0.355 e. The molecular formula is C15H30N4. The van der Waals surface area contributed by atoms with E-state index < -0.39 is 0 Å². The van der Waals surface area contributed by atoms with E-state index in [1.807, 2.05) is 6.20 Å². The Bertz CT molecular complexity index is 344. The Kier molecular flexibility index (Phi) is 6.92. The summed E-state index contributed by atoms with van der Waals surface area (Å²) >= 11 is 0. The van der Waals surface area contributed by atoms with Gasteiger partial charge in [0.2, 0.25) is 5.95 Å². The highest BCUT2D eigenvalue weighted by atomic mass is 15.2. The maximum Gasteiger partial charge on any atom is 0.202 e. The third kappa shape index (κ3) is 6.10. The summed E-state index contributed by atoms with van der Waals surface area (Å²) in [5.74, 6) is 1.65. The summed E-state index contributed by atoms with van der Waals surface area (Å²) in [6, 6.07) is 0.636. The quantitative estimate of drug-likeness (QED) is 0.697. The fourth-order valence-electron chi connectivity index (χ4n) is 1.85. The van der Waals surface area contributed by atoms with Gasteiger partial charge < -0.3 is 14.8 Å². The average Bonchev–Trinajstić information content (AvgIpc) is 2.79. The van der Waals surface area contributed by atoms with Crippen LogP contribution >= 0.6 is 0 Å². The van der Waals surface area contributed by atoms with Gasteiger partial charge in [0.1, 0.15) is 0 Å². The molecule has 0 unspecified atom stereocenters. The van der Waals surface area contributed by atoms with Crippen molar-refractivity contribution in [3.63, 3.8) is 0 Å². The third-order valence-electron chi connectivity index (χ3n) is 3.43. The normalized spacial score (nSPS) is 11.8. The molecule has 0 fully saturated rings. The van der Waals surface area contributed by atoms with E-state index in [2.05, 4.69) is 60.7 Å². The molecule has 0 radical (unpaired) electrons. The van der Waals surface area contributed by atoms with Crippen molar-refractivity contribution in [2.24, 2.45) is 5.92 Å². The first-order valence-electron chi connectivity index (χ1n) is 7.46. The maximum atomic E-state index is 4.37. The summed E-state index contributed by atoms with van der Waals surface area (Å²) in [5, 5.41) is 3.40. The first kappa shape index (κ1) is 16.0. The summed E-state index contributed by atoms with van der Waals surface area (Å²) < 4.78 is 2.22. The number of aromatic nitrogens is 2. The van der Waals surface area contributed by atoms with Gasteiger partial charge in [-0.15, -0.1) is 0 Å². The molecule has 110 valence electrons. The SMILES string of the molecule is CC(C)CNc1nccn1CCCCN(C)C(C)C. The highest BCUT2D eigenvalue weighted by Crippen LogP contribution is 2.08. The zero-order valence-corrected chi connectivity index (χ0v) is 13.2. The Morgan fingerprint density at radius 2 is 2.00 bits per heavy atom. The van der Waals surface area contributed by atoms with Crippen LogP contribution in [-0.2, 0) is 6.54 Å². The van der Waals surface area contributed by atoms with Gasteiger partial charge in [0.05, 0.1) is 0 Å². The predicted octanol–water partition coefficient (Wildman–Crippen LogP) is 3.07. The highest BCUT2D eigenvalue weighted by molar-refractivity contribution is 5.25. The van der Waals surface area contributed by atoms with E-state index in [4.69, 9.17) is 0 Å². The van der Waals surface area contributed by atoms with E-state index in [-0.39, 0.29) is 0 Å². The van der Waals surface area contributed by atoms with E-state index in [0.29, 0.717) is 12.0 Å². The Morgan fingerprint density at radius 1 is 1.26 bits per heavy atom. The van der Waals surface area contributed by atoms with E-state index in [1.54, 1.807) is 0 Å². The lowest BCUT2D eigenvalue weighted by Crippen LogP contribution is -2.27. The second-order valence-electron chi connectivity index (χ2n) is 6.00. The molecule has 0 saturated carbocycles. The van der Waals surface area contributed by atoms with Crippen molar-refractivity contribution in [1.82, 2.24) is 14.5 Å². The van der Waals surface area contributed by atoms with E-state index in [9.17, 15) is 0 Å². The smallest absolute Gasteiger partial charge is 0.202 e. The minimum atomic E-state index is 0.636. The summed E-state index contributed by atoms with van der Waals surface area (Å²) in [6.45, 7) is 12.1. The molecule has 0 bridgehead atoms. The molecule has 1 aromatic heterocycles. The monoisotopic (exact) mass is 266 g/mol. The number of imidazole rings is 1. The van der Waals surface area contributed by atoms with Crippen molar-refractivity contribution in [2.75, 3.05) is 25.5 Å². The van der Waals surface area contributed by atoms with Crippen molar-refractivity contribution in [3.8, 4) is 0 Å². The fourth-order valence-corrected chi connectivity index (χ4v) is 1.85. The molecule has 0 aliphatic rings. The van der Waals surface area contributed by atoms with Gasteiger partial charge in [0, 0.05) is 31.5 Å². The number of unbranched alkanes of at least 4 members (excludes halogenated alkanes) is 1. The molecule has 0 spiro atoms. The zero-order chi connectivity index (χ0) is 14.3. The average molecular weight is 266 g/mol. The van der Waals surface area contributed by atoms with Crippen LogP contribution in [0.3, 0.4) is 0 Å². The van der Waals surface area contributed by atoms with Gasteiger partial charge in [0.15, 0.2) is 0 Å². The highest BCUT2D eigenvalue weighted by Gasteiger charge is 2.04. The van der Waals surface area contributed by atoms with Crippen LogP contribution in [-0.4, -0.2) is 40.6 Å². The number of nitrogens with zero attached hydrogens (tertiary/aromatic N) is 3. The van der Waals surface area contributed by atoms with Crippen molar-refractivity contribution >= 4 is 5.95 Å². The molecule has 19 heavy (non-hydrogen) atoms. The number of nitrogens with one attached hydrogen (secondary N) is 1. The molecular weight excluding hydrogens is 236 g/mol. The topological polar surface area (TPSA) is 33.1 Å². The van der Waals surface area contributed by atoms with Gasteiger partial charge in [-0.25, -0.2) is 4.98 Å². The Labute approximate surface area is 118 Å². The Balaban J connectivity index is 2.27. The summed E-state index contributed by atoms with van der Waals surface area (Å²) in [5.41, 5.74) is 0. The van der Waals surface area contributed by atoms with Crippen LogP contribution in [0.2, 0.25) is 0 Å². The van der Waals surface area contributed by atoms with Crippen molar-refractivity contribution in [3.05, 3.63) is 12.4 Å². The standard InChI is InChI=1S/C15H30N4/c1-13(2)12-17-15-16-8-11-19(15)10-7-6-9-18(5)14(3)4/h8,11,13-14H,6-7,9-10,12H2,1-5H3,(H,16,17). The maximum absolute atomic E-state index is 4.37. The van der Waals surface area contributed by atoms with Crippen molar-refractivity contribution in [1.29, 1.82) is 0 Å². The molecule has 0 aliphatic carbocycles. The molecule has 0 amide bonds. The van der Waals surface area contributed by atoms with Gasteiger partial charge in [-0.2, -0.15) is 0 Å². The molecule has 1 N–H and O–H groups in total. The summed E-state index contributed by atoms with van der Waals surface area (Å²) in [7, 11) is 2.19. The van der Waals surface area contributed by atoms with E-state index in [0.717, 1.165) is 19.0 Å². The predicted molar refractivity (Wildman–Crippen MR) is 82.6 cm³/mol. The lowest BCUT2D eigenvalue weighted by molar-refractivity contribution is 0.266. The van der Waals surface area contributed by atoms with Gasteiger partial charge in [-0.05, 0) is 46.2 Å². The lowest BCUT2D eigenvalue weighted by Gasteiger charge is -2.20. The number of rotatable bonds is 9. The van der Waals surface area contributed by atoms with Crippen LogP contribution in [0.4, 0.5) is 5.95 Å². The van der Waals surface area contributed by atoms with E-state index >= 15 is 0 Å². The second kappa shape index (κ2) is 8.20. The number of hydrogen-bond donors (Lipinski definition) is 1. The van der Waals surface area contributed by atoms with Gasteiger partial charge >= 0.3 is 0 Å². The van der Waals surface area contributed by atoms with Crippen molar-refractivity contribution < 1.29 is 0 Å². The van der Waals surface area contributed by atoms with Crippen LogP contribution in [0, 0.1) is 5.92 Å². The summed E-state index contributed by atoms with van der Waals surface area (Å²) in [6.07, 6.45) is 6.37. The molecule has 0 saturated heterocycles. The van der Waals surface area contributed by atoms with Crippen LogP contribution in [0.15, 0.2) is 12.4 Å². The molecule has 0 aliphatic heterocycles. The fraction of sp³-hybridized carbons (Fsp3) is 0.800. The van der Waals surface area contributed by atoms with Gasteiger partial charge in [-0.1, -0.05) is 13.8 Å². The number of anilines is 1. The largest absolute Gasteiger partial charge is 0.355 e. The minimum absolute atomic E-state index is 0.636. The Morgan fingerprint density at radius 3 is 2.63 bits per heavy atom. The van der Waals surface area contributed by atoms with Gasteiger partial charge in [0.25, 0.3) is 0 Å². The first-order chi connectivity index (χ1) is 9.00. The molecule has 1 rings (SSSR count). The second-order valence-corrected chi connectivity index (χ2v) is 6.00. The first-order valence-corrected chi connectivity index (χ1v) is 7.46. The number of aryl methyl sites for hydroxylation is 1. The van der Waals surface area contributed by atoms with Crippen LogP contribution in [0.5, 0.6) is 0 Å². The summed E-state index contributed by atoms with van der Waals surface area (Å²) in [4.78, 5) is 6.77. The van der Waals surface area contributed by atoms with E-state index in [1.165, 1.54) is 19.4 Å². The van der Waals surface area contributed by atoms with Crippen molar-refractivity contribution in [2.45, 2.75) is 53.1 Å². The zero-order valence-electron chi connectivity index (χ0n) is 13.2. The third-order valence-corrected chi connectivity index (χ3v) is 3.43. The molecule has 4 nitrogen and oxygen atoms in total. The van der Waals surface area contributed by atoms with Crippen LogP contribution < -0.4 is 5.32 Å². The number of hydrogen-bond acceptors (Lipinski definition) is 3. The lowest BCUT2D eigenvalue weighted by atomic mass is 10.2. The van der Waals surface area contributed by atoms with Crippen LogP contribution in [0.25, 0.3) is 0 Å². The van der Waals surface area contributed by atoms with Crippen LogP contribution in [0.1, 0.15) is 40.5 Å². The molecule has 1 heterocycles. The molecule has 0 atom stereocenters.